The minimum absolute atomic E-state index is 0.104. The van der Waals surface area contributed by atoms with Crippen molar-refractivity contribution in [1.82, 2.24) is 15.0 Å². The summed E-state index contributed by atoms with van der Waals surface area (Å²) in [7, 11) is 3.31. The average molecular weight is 184 g/mol. The summed E-state index contributed by atoms with van der Waals surface area (Å²) < 4.78 is 6.51. The molecular formula is C7H12N4O2. The number of hydrogen-bond acceptors (Lipinski definition) is 4. The van der Waals surface area contributed by atoms with E-state index >= 15 is 0 Å². The Kier molecular flexibility index (Phi) is 2.97. The number of nitrogens with two attached hydrogens (primary N) is 1. The molecule has 0 fully saturated rings. The van der Waals surface area contributed by atoms with Gasteiger partial charge in [0.2, 0.25) is 5.91 Å². The smallest absolute Gasteiger partial charge is 0.223 e. The molecule has 1 amide bonds. The molecule has 1 heterocycles. The molecule has 0 saturated carbocycles. The first kappa shape index (κ1) is 9.66. The molecule has 0 radical (unpaired) electrons. The van der Waals surface area contributed by atoms with E-state index in [4.69, 9.17) is 10.5 Å². The Morgan fingerprint density at radius 3 is 2.92 bits per heavy atom. The van der Waals surface area contributed by atoms with Crippen molar-refractivity contribution in [1.29, 1.82) is 0 Å². The lowest BCUT2D eigenvalue weighted by Crippen LogP contribution is -2.15. The quantitative estimate of drug-likeness (QED) is 0.649. The molecule has 0 aliphatic heterocycles. The number of ether oxygens (including phenoxy) is 1. The zero-order chi connectivity index (χ0) is 9.84. The Balaban J connectivity index is 2.86. The van der Waals surface area contributed by atoms with E-state index in [1.54, 1.807) is 18.8 Å². The molecule has 0 unspecified atom stereocenters. The summed E-state index contributed by atoms with van der Waals surface area (Å²) in [6.45, 7) is 0.381. The van der Waals surface area contributed by atoms with Crippen molar-refractivity contribution >= 4 is 5.91 Å². The van der Waals surface area contributed by atoms with Crippen LogP contribution in [0.5, 0.6) is 0 Å². The summed E-state index contributed by atoms with van der Waals surface area (Å²) in [6, 6.07) is 0. The van der Waals surface area contributed by atoms with Gasteiger partial charge in [-0.25, -0.2) is 4.68 Å². The second kappa shape index (κ2) is 3.99. The third kappa shape index (κ3) is 2.25. The first-order chi connectivity index (χ1) is 6.15. The molecule has 1 rings (SSSR count). The van der Waals surface area contributed by atoms with E-state index in [0.717, 1.165) is 5.69 Å². The van der Waals surface area contributed by atoms with Crippen molar-refractivity contribution in [3.63, 3.8) is 0 Å². The number of nitrogens with zero attached hydrogens (tertiary/aromatic N) is 3. The zero-order valence-corrected chi connectivity index (χ0v) is 7.65. The van der Waals surface area contributed by atoms with Gasteiger partial charge in [-0.15, -0.1) is 5.10 Å². The van der Waals surface area contributed by atoms with Gasteiger partial charge in [0.1, 0.15) is 0 Å². The van der Waals surface area contributed by atoms with E-state index in [1.165, 1.54) is 0 Å². The third-order valence-corrected chi connectivity index (χ3v) is 1.65. The van der Waals surface area contributed by atoms with Gasteiger partial charge in [0, 0.05) is 14.2 Å². The van der Waals surface area contributed by atoms with Crippen molar-refractivity contribution < 1.29 is 9.53 Å². The fourth-order valence-electron chi connectivity index (χ4n) is 1.04. The number of primary amides is 1. The molecule has 0 spiro atoms. The molecule has 1 aromatic rings. The lowest BCUT2D eigenvalue weighted by atomic mass is 10.2. The second-order valence-corrected chi connectivity index (χ2v) is 2.68. The van der Waals surface area contributed by atoms with E-state index in [9.17, 15) is 4.79 Å². The predicted octanol–water partition coefficient (Wildman–Crippen LogP) is -1.01. The second-order valence-electron chi connectivity index (χ2n) is 2.68. The van der Waals surface area contributed by atoms with E-state index in [2.05, 4.69) is 10.3 Å². The maximum atomic E-state index is 10.6. The topological polar surface area (TPSA) is 83.0 Å². The minimum Gasteiger partial charge on any atom is -0.378 e. The largest absolute Gasteiger partial charge is 0.378 e. The zero-order valence-electron chi connectivity index (χ0n) is 7.65. The lowest BCUT2D eigenvalue weighted by molar-refractivity contribution is -0.117. The van der Waals surface area contributed by atoms with Crippen molar-refractivity contribution in [2.45, 2.75) is 13.0 Å². The van der Waals surface area contributed by atoms with E-state index in [0.29, 0.717) is 12.3 Å². The van der Waals surface area contributed by atoms with Gasteiger partial charge in [-0.3, -0.25) is 4.79 Å². The minimum atomic E-state index is -0.419. The SMILES string of the molecule is COCc1c(CC(N)=O)nnn1C. The van der Waals surface area contributed by atoms with Gasteiger partial charge >= 0.3 is 0 Å². The van der Waals surface area contributed by atoms with Crippen LogP contribution in [-0.2, 0) is 29.6 Å². The molecule has 0 aliphatic rings. The van der Waals surface area contributed by atoms with Crippen LogP contribution in [0.25, 0.3) is 0 Å². The number of carbonyl (C=O) groups excluding carboxylic acids is 1. The molecule has 2 N–H and O–H groups in total. The Labute approximate surface area is 75.7 Å². The normalized spacial score (nSPS) is 10.3. The van der Waals surface area contributed by atoms with Gasteiger partial charge in [-0.2, -0.15) is 0 Å². The lowest BCUT2D eigenvalue weighted by Gasteiger charge is -2.00. The first-order valence-corrected chi connectivity index (χ1v) is 3.79. The maximum absolute atomic E-state index is 10.6. The van der Waals surface area contributed by atoms with E-state index in [-0.39, 0.29) is 6.42 Å². The summed E-state index contributed by atoms with van der Waals surface area (Å²) in [5.41, 5.74) is 6.40. The molecule has 6 heteroatoms. The van der Waals surface area contributed by atoms with Crippen LogP contribution < -0.4 is 5.73 Å². The highest BCUT2D eigenvalue weighted by Crippen LogP contribution is 2.05. The summed E-state index contributed by atoms with van der Waals surface area (Å²) >= 11 is 0. The van der Waals surface area contributed by atoms with Gasteiger partial charge in [0.15, 0.2) is 0 Å². The summed E-state index contributed by atoms with van der Waals surface area (Å²) in [6.07, 6.45) is 0.104. The standard InChI is InChI=1S/C7H12N4O2/c1-11-6(4-13-2)5(9-10-11)3-7(8)12/h3-4H2,1-2H3,(H2,8,12). The Morgan fingerprint density at radius 2 is 2.38 bits per heavy atom. The van der Waals surface area contributed by atoms with Crippen molar-refractivity contribution in [3.8, 4) is 0 Å². The Hall–Kier alpha value is -1.43. The molecule has 72 valence electrons. The van der Waals surface area contributed by atoms with Crippen LogP contribution in [-0.4, -0.2) is 28.0 Å². The molecule has 0 bridgehead atoms. The van der Waals surface area contributed by atoms with Crippen LogP contribution in [0.4, 0.5) is 0 Å². The summed E-state index contributed by atoms with van der Waals surface area (Å²) in [5.74, 6) is -0.419. The number of amides is 1. The van der Waals surface area contributed by atoms with Gasteiger partial charge in [-0.05, 0) is 0 Å². The van der Waals surface area contributed by atoms with Crippen LogP contribution in [0.1, 0.15) is 11.4 Å². The molecule has 0 saturated heterocycles. The number of methoxy groups -OCH3 is 1. The Bertz CT molecular complexity index is 307. The molecule has 6 nitrogen and oxygen atoms in total. The number of hydrogen-bond donors (Lipinski definition) is 1. The predicted molar refractivity (Wildman–Crippen MR) is 44.6 cm³/mol. The summed E-state index contributed by atoms with van der Waals surface area (Å²) in [5, 5.41) is 7.57. The maximum Gasteiger partial charge on any atom is 0.223 e. The molecule has 1 aromatic heterocycles. The van der Waals surface area contributed by atoms with Crippen LogP contribution in [0.2, 0.25) is 0 Å². The monoisotopic (exact) mass is 184 g/mol. The fourth-order valence-corrected chi connectivity index (χ4v) is 1.04. The first-order valence-electron chi connectivity index (χ1n) is 3.79. The van der Waals surface area contributed by atoms with Crippen molar-refractivity contribution in [3.05, 3.63) is 11.4 Å². The van der Waals surface area contributed by atoms with E-state index in [1.807, 2.05) is 0 Å². The van der Waals surface area contributed by atoms with Crippen molar-refractivity contribution in [2.75, 3.05) is 7.11 Å². The van der Waals surface area contributed by atoms with Crippen LogP contribution in [0.3, 0.4) is 0 Å². The third-order valence-electron chi connectivity index (χ3n) is 1.65. The highest BCUT2D eigenvalue weighted by Gasteiger charge is 2.11. The van der Waals surface area contributed by atoms with Crippen LogP contribution in [0.15, 0.2) is 0 Å². The summed E-state index contributed by atoms with van der Waals surface area (Å²) in [4.78, 5) is 10.6. The van der Waals surface area contributed by atoms with Crippen LogP contribution in [0, 0.1) is 0 Å². The van der Waals surface area contributed by atoms with Gasteiger partial charge in [0.25, 0.3) is 0 Å². The molecular weight excluding hydrogens is 172 g/mol. The van der Waals surface area contributed by atoms with Gasteiger partial charge in [0.05, 0.1) is 24.4 Å². The number of aromatic nitrogens is 3. The molecule has 0 atom stereocenters. The average Bonchev–Trinajstić information content (AvgIpc) is 2.35. The molecule has 0 aliphatic carbocycles. The van der Waals surface area contributed by atoms with E-state index < -0.39 is 5.91 Å². The Morgan fingerprint density at radius 1 is 1.69 bits per heavy atom. The number of carbonyl (C=O) groups is 1. The van der Waals surface area contributed by atoms with Crippen LogP contribution >= 0.6 is 0 Å². The molecule has 13 heavy (non-hydrogen) atoms. The number of rotatable bonds is 4. The van der Waals surface area contributed by atoms with Gasteiger partial charge in [-0.1, -0.05) is 5.21 Å². The molecule has 0 aromatic carbocycles. The highest BCUT2D eigenvalue weighted by atomic mass is 16.5. The van der Waals surface area contributed by atoms with Gasteiger partial charge < -0.3 is 10.5 Å². The number of aryl methyl sites for hydroxylation is 1. The highest BCUT2D eigenvalue weighted by molar-refractivity contribution is 5.76. The van der Waals surface area contributed by atoms with Crippen molar-refractivity contribution in [2.24, 2.45) is 12.8 Å². The fraction of sp³-hybridized carbons (Fsp3) is 0.571.